The van der Waals surface area contributed by atoms with Gasteiger partial charge in [-0.05, 0) is 69.1 Å². The highest BCUT2D eigenvalue weighted by molar-refractivity contribution is 7.47. The van der Waals surface area contributed by atoms with Crippen LogP contribution in [-0.4, -0.2) is 96.7 Å². The van der Waals surface area contributed by atoms with E-state index < -0.39 is 97.5 Å². The molecule has 0 aliphatic heterocycles. The Kier molecular flexibility index (Phi) is 66.3. The molecule has 3 N–H and O–H groups in total. The molecule has 97 heavy (non-hydrogen) atoms. The van der Waals surface area contributed by atoms with Crippen LogP contribution in [0.3, 0.4) is 0 Å². The van der Waals surface area contributed by atoms with Gasteiger partial charge in [0.1, 0.15) is 19.3 Å². The molecule has 572 valence electrons. The van der Waals surface area contributed by atoms with E-state index in [9.17, 15) is 43.2 Å². The number of unbranched alkanes of at least 4 members (excludes halogenated alkanes) is 39. The molecule has 0 aromatic carbocycles. The standard InChI is InChI=1S/C78H148O17P2/c1-8-9-10-11-12-13-14-15-16-22-28-33-38-47-54-61-77(82)94-73(65-88-75(80)59-52-45-37-32-27-24-19-21-26-31-36-43-50-57-70(4)5)67-92-96(84,85)90-63-72(79)64-91-97(86,87)93-68-74(66-89-76(81)60-53-46-41-40-44-51-58-71(6)7)95-78(83)62-55-48-39-34-29-23-18-17-20-25-30-35-42-49-56-69(2)3/h13-16,69-74,79H,8-12,17-68H2,1-7H3,(H,84,85)(H,86,87)/b14-13-,16-15-/t72?,73-,74-/m1/s1. The molecule has 0 fully saturated rings. The van der Waals surface area contributed by atoms with Crippen molar-refractivity contribution in [2.24, 2.45) is 17.8 Å². The Balaban J connectivity index is 5.26. The average Bonchev–Trinajstić information content (AvgIpc) is 1.45. The van der Waals surface area contributed by atoms with Crippen molar-refractivity contribution in [1.82, 2.24) is 0 Å². The number of hydrogen-bond acceptors (Lipinski definition) is 15. The van der Waals surface area contributed by atoms with Gasteiger partial charge in [0.05, 0.1) is 26.4 Å². The molecule has 0 aliphatic rings. The molecule has 0 rings (SSSR count). The second-order valence-corrected chi connectivity index (χ2v) is 31.7. The zero-order valence-electron chi connectivity index (χ0n) is 63.0. The van der Waals surface area contributed by atoms with Crippen LogP contribution in [0.5, 0.6) is 0 Å². The molecule has 5 atom stereocenters. The summed E-state index contributed by atoms with van der Waals surface area (Å²) >= 11 is 0. The number of esters is 4. The van der Waals surface area contributed by atoms with Gasteiger partial charge in [-0.1, -0.05) is 323 Å². The Hall–Kier alpha value is -2.46. The van der Waals surface area contributed by atoms with Crippen LogP contribution in [0.15, 0.2) is 24.3 Å². The molecule has 0 bridgehead atoms. The fourth-order valence-electron chi connectivity index (χ4n) is 11.4. The lowest BCUT2D eigenvalue weighted by atomic mass is 10.0. The molecule has 0 amide bonds. The first-order valence-corrected chi connectivity index (χ1v) is 42.7. The normalized spacial score (nSPS) is 14.2. The van der Waals surface area contributed by atoms with Crippen molar-refractivity contribution in [2.45, 2.75) is 394 Å². The Morgan fingerprint density at radius 3 is 0.835 bits per heavy atom. The predicted molar refractivity (Wildman–Crippen MR) is 395 cm³/mol. The molecule has 0 spiro atoms. The lowest BCUT2D eigenvalue weighted by Gasteiger charge is -2.21. The minimum Gasteiger partial charge on any atom is -0.462 e. The zero-order chi connectivity index (χ0) is 71.6. The molecular weight excluding hydrogens is 1270 g/mol. The number of rotatable bonds is 74. The minimum atomic E-state index is -4.97. The summed E-state index contributed by atoms with van der Waals surface area (Å²) in [4.78, 5) is 72.8. The van der Waals surface area contributed by atoms with E-state index in [1.165, 1.54) is 167 Å². The van der Waals surface area contributed by atoms with E-state index in [4.69, 9.17) is 37.0 Å². The summed E-state index contributed by atoms with van der Waals surface area (Å²) in [5.74, 6) is 0.113. The summed E-state index contributed by atoms with van der Waals surface area (Å²) in [5.41, 5.74) is 0. The summed E-state index contributed by atoms with van der Waals surface area (Å²) in [6, 6.07) is 0. The number of phosphoric ester groups is 2. The highest BCUT2D eigenvalue weighted by Crippen LogP contribution is 2.45. The molecule has 0 saturated heterocycles. The number of phosphoric acid groups is 2. The molecule has 0 radical (unpaired) electrons. The third kappa shape index (κ3) is 71.7. The number of aliphatic hydroxyl groups is 1. The quantitative estimate of drug-likeness (QED) is 0.0169. The predicted octanol–water partition coefficient (Wildman–Crippen LogP) is 22.5. The van der Waals surface area contributed by atoms with Crippen molar-refractivity contribution in [2.75, 3.05) is 39.6 Å². The molecule has 0 aliphatic carbocycles. The first-order chi connectivity index (χ1) is 46.7. The van der Waals surface area contributed by atoms with Crippen molar-refractivity contribution in [1.29, 1.82) is 0 Å². The number of hydrogen-bond donors (Lipinski definition) is 3. The van der Waals surface area contributed by atoms with Gasteiger partial charge in [-0.2, -0.15) is 0 Å². The fraction of sp³-hybridized carbons (Fsp3) is 0.897. The molecule has 3 unspecified atom stereocenters. The molecule has 17 nitrogen and oxygen atoms in total. The van der Waals surface area contributed by atoms with Gasteiger partial charge in [0, 0.05) is 25.7 Å². The van der Waals surface area contributed by atoms with E-state index in [-0.39, 0.29) is 25.7 Å². The minimum absolute atomic E-state index is 0.0848. The van der Waals surface area contributed by atoms with E-state index in [0.29, 0.717) is 31.6 Å². The van der Waals surface area contributed by atoms with Crippen LogP contribution < -0.4 is 0 Å². The van der Waals surface area contributed by atoms with Crippen LogP contribution in [-0.2, 0) is 65.4 Å². The summed E-state index contributed by atoms with van der Waals surface area (Å²) in [6.07, 6.45) is 57.8. The van der Waals surface area contributed by atoms with Crippen molar-refractivity contribution in [3.8, 4) is 0 Å². The van der Waals surface area contributed by atoms with Crippen LogP contribution in [0.1, 0.15) is 376 Å². The molecule has 0 aromatic rings. The van der Waals surface area contributed by atoms with Crippen LogP contribution in [0.2, 0.25) is 0 Å². The number of allylic oxidation sites excluding steroid dienone is 4. The van der Waals surface area contributed by atoms with Gasteiger partial charge in [-0.15, -0.1) is 0 Å². The smallest absolute Gasteiger partial charge is 0.462 e. The first-order valence-electron chi connectivity index (χ1n) is 39.7. The van der Waals surface area contributed by atoms with Crippen molar-refractivity contribution in [3.05, 3.63) is 24.3 Å². The van der Waals surface area contributed by atoms with Gasteiger partial charge in [-0.3, -0.25) is 37.3 Å². The van der Waals surface area contributed by atoms with Gasteiger partial charge in [0.25, 0.3) is 0 Å². The van der Waals surface area contributed by atoms with E-state index in [0.717, 1.165) is 121 Å². The molecular formula is C78H148O17P2. The molecule has 19 heteroatoms. The lowest BCUT2D eigenvalue weighted by molar-refractivity contribution is -0.161. The van der Waals surface area contributed by atoms with E-state index in [1.54, 1.807) is 0 Å². The van der Waals surface area contributed by atoms with Crippen LogP contribution >= 0.6 is 15.6 Å². The summed E-state index contributed by atoms with van der Waals surface area (Å²) in [5, 5.41) is 10.6. The van der Waals surface area contributed by atoms with Crippen LogP contribution in [0.25, 0.3) is 0 Å². The molecule has 0 heterocycles. The van der Waals surface area contributed by atoms with Crippen LogP contribution in [0, 0.1) is 17.8 Å². The third-order valence-corrected chi connectivity index (χ3v) is 19.4. The fourth-order valence-corrected chi connectivity index (χ4v) is 13.0. The maximum absolute atomic E-state index is 13.1. The molecule has 0 saturated carbocycles. The van der Waals surface area contributed by atoms with Gasteiger partial charge >= 0.3 is 39.5 Å². The largest absolute Gasteiger partial charge is 0.472 e. The second kappa shape index (κ2) is 68.0. The van der Waals surface area contributed by atoms with Crippen molar-refractivity contribution < 1.29 is 80.2 Å². The highest BCUT2D eigenvalue weighted by Gasteiger charge is 2.30. The Morgan fingerprint density at radius 1 is 0.320 bits per heavy atom. The van der Waals surface area contributed by atoms with Crippen LogP contribution in [0.4, 0.5) is 0 Å². The van der Waals surface area contributed by atoms with Gasteiger partial charge in [-0.25, -0.2) is 9.13 Å². The SMILES string of the molecule is CCCCCC/C=C\C=C/CCCCCCCC(=O)O[C@H](COC(=O)CCCCCCCCCCCCCCCC(C)C)COP(=O)(O)OCC(O)COP(=O)(O)OC[C@@H](COC(=O)CCCCCCCCC(C)C)OC(=O)CCCCCCCCCCCCCCCCC(C)C. The van der Waals surface area contributed by atoms with Gasteiger partial charge in [0.15, 0.2) is 12.2 Å². The van der Waals surface area contributed by atoms with Gasteiger partial charge < -0.3 is 33.8 Å². The van der Waals surface area contributed by atoms with Crippen molar-refractivity contribution >= 4 is 39.5 Å². The second-order valence-electron chi connectivity index (χ2n) is 28.8. The number of carbonyl (C=O) groups excluding carboxylic acids is 4. The van der Waals surface area contributed by atoms with E-state index in [2.05, 4.69) is 72.8 Å². The van der Waals surface area contributed by atoms with E-state index in [1.807, 2.05) is 0 Å². The molecule has 0 aromatic heterocycles. The monoisotopic (exact) mass is 1420 g/mol. The summed E-state index contributed by atoms with van der Waals surface area (Å²) < 4.78 is 68.5. The Bertz CT molecular complexity index is 1980. The maximum atomic E-state index is 13.1. The van der Waals surface area contributed by atoms with E-state index >= 15 is 0 Å². The highest BCUT2D eigenvalue weighted by atomic mass is 31.2. The zero-order valence-corrected chi connectivity index (χ0v) is 64.8. The maximum Gasteiger partial charge on any atom is 0.472 e. The lowest BCUT2D eigenvalue weighted by Crippen LogP contribution is -2.30. The summed E-state index contributed by atoms with van der Waals surface area (Å²) in [7, 11) is -9.93. The number of aliphatic hydroxyl groups excluding tert-OH is 1. The first kappa shape index (κ1) is 94.5. The van der Waals surface area contributed by atoms with Gasteiger partial charge in [0.2, 0.25) is 0 Å². The summed E-state index contributed by atoms with van der Waals surface area (Å²) in [6.45, 7) is 11.8. The Morgan fingerprint density at radius 2 is 0.557 bits per heavy atom. The topological polar surface area (TPSA) is 237 Å². The number of ether oxygens (including phenoxy) is 4. The Labute approximate surface area is 592 Å². The third-order valence-electron chi connectivity index (χ3n) is 17.5. The van der Waals surface area contributed by atoms with Crippen molar-refractivity contribution in [3.63, 3.8) is 0 Å². The number of carbonyl (C=O) groups is 4. The average molecular weight is 1420 g/mol.